The number of hydrogen-bond donors (Lipinski definition) is 2. The van der Waals surface area contributed by atoms with Crippen LogP contribution >= 0.6 is 11.3 Å². The summed E-state index contributed by atoms with van der Waals surface area (Å²) in [5.41, 5.74) is 0.486. The Morgan fingerprint density at radius 1 is 1.35 bits per heavy atom. The Morgan fingerprint density at radius 3 is 2.77 bits per heavy atom. The Kier molecular flexibility index (Phi) is 6.29. The third-order valence-electron chi connectivity index (χ3n) is 4.92. The van der Waals surface area contributed by atoms with Crippen LogP contribution in [0.1, 0.15) is 57.8 Å². The second-order valence-corrected chi connectivity index (χ2v) is 9.55. The average molecular weight is 378 g/mol. The van der Waals surface area contributed by atoms with Gasteiger partial charge in [0.05, 0.1) is 29.8 Å². The van der Waals surface area contributed by atoms with E-state index in [1.807, 2.05) is 0 Å². The number of ether oxygens (including phenoxy) is 2. The van der Waals surface area contributed by atoms with Crippen LogP contribution in [0.5, 0.6) is 0 Å². The summed E-state index contributed by atoms with van der Waals surface area (Å²) in [5.74, 6) is 6.54. The largest absolute Gasteiger partial charge is 0.387 e. The second-order valence-electron chi connectivity index (χ2n) is 8.64. The van der Waals surface area contributed by atoms with E-state index in [9.17, 15) is 5.11 Å². The molecule has 0 bridgehead atoms. The Labute approximate surface area is 161 Å². The van der Waals surface area contributed by atoms with Gasteiger partial charge in [-0.3, -0.25) is 0 Å². The molecule has 0 unspecified atom stereocenters. The Morgan fingerprint density at radius 2 is 2.12 bits per heavy atom. The van der Waals surface area contributed by atoms with Crippen molar-refractivity contribution in [3.63, 3.8) is 0 Å². The van der Waals surface area contributed by atoms with Gasteiger partial charge in [0.15, 0.2) is 0 Å². The lowest BCUT2D eigenvalue weighted by atomic mass is 9.82. The molecule has 1 aliphatic heterocycles. The third kappa shape index (κ3) is 5.99. The van der Waals surface area contributed by atoms with E-state index in [4.69, 9.17) is 9.47 Å². The Hall–Kier alpha value is -1.06. The maximum absolute atomic E-state index is 10.8. The molecule has 1 saturated carbocycles. The summed E-state index contributed by atoms with van der Waals surface area (Å²) in [6.45, 7) is 8.24. The third-order valence-corrected chi connectivity index (χ3v) is 5.77. The van der Waals surface area contributed by atoms with Crippen LogP contribution in [0, 0.1) is 17.3 Å². The van der Waals surface area contributed by atoms with Crippen LogP contribution in [0.25, 0.3) is 0 Å². The van der Waals surface area contributed by atoms with Gasteiger partial charge >= 0.3 is 0 Å². The molecule has 2 N–H and O–H groups in total. The SMILES string of the molecule is CC(C)(C)C#Cc1cc(N[C@H]2CC[C@@](O)(CO[C@H]3CCOC3)CC2)cs1. The minimum Gasteiger partial charge on any atom is -0.387 e. The summed E-state index contributed by atoms with van der Waals surface area (Å²) in [4.78, 5) is 1.10. The predicted octanol–water partition coefficient (Wildman–Crippen LogP) is 4.04. The van der Waals surface area contributed by atoms with Crippen molar-refractivity contribution in [3.8, 4) is 11.8 Å². The van der Waals surface area contributed by atoms with Gasteiger partial charge in [0.25, 0.3) is 0 Å². The zero-order valence-electron chi connectivity index (χ0n) is 16.1. The van der Waals surface area contributed by atoms with Gasteiger partial charge in [-0.15, -0.1) is 11.3 Å². The van der Waals surface area contributed by atoms with E-state index in [2.05, 4.69) is 49.4 Å². The normalized spacial score (nSPS) is 29.2. The highest BCUT2D eigenvalue weighted by molar-refractivity contribution is 7.11. The van der Waals surface area contributed by atoms with Crippen LogP contribution in [-0.4, -0.2) is 42.7 Å². The van der Waals surface area contributed by atoms with Crippen LogP contribution in [0.15, 0.2) is 11.4 Å². The maximum atomic E-state index is 10.8. The van der Waals surface area contributed by atoms with Crippen molar-refractivity contribution in [1.29, 1.82) is 0 Å². The molecule has 1 aliphatic carbocycles. The molecule has 144 valence electrons. The molecule has 0 aromatic carbocycles. The number of anilines is 1. The van der Waals surface area contributed by atoms with Crippen molar-refractivity contribution < 1.29 is 14.6 Å². The monoisotopic (exact) mass is 377 g/mol. The van der Waals surface area contributed by atoms with Crippen molar-refractivity contribution in [3.05, 3.63) is 16.3 Å². The van der Waals surface area contributed by atoms with Gasteiger partial charge in [-0.05, 0) is 58.9 Å². The van der Waals surface area contributed by atoms with Gasteiger partial charge < -0.3 is 19.9 Å². The molecule has 1 aromatic rings. The first kappa shape index (κ1) is 19.7. The lowest BCUT2D eigenvalue weighted by molar-refractivity contribution is -0.0916. The van der Waals surface area contributed by atoms with Crippen molar-refractivity contribution in [2.24, 2.45) is 5.41 Å². The van der Waals surface area contributed by atoms with Gasteiger partial charge in [0.2, 0.25) is 0 Å². The van der Waals surface area contributed by atoms with Gasteiger partial charge in [-0.2, -0.15) is 0 Å². The van der Waals surface area contributed by atoms with Crippen LogP contribution in [0.2, 0.25) is 0 Å². The number of aliphatic hydroxyl groups is 1. The molecule has 0 amide bonds. The molecule has 2 aliphatic rings. The fourth-order valence-electron chi connectivity index (χ4n) is 3.32. The minimum atomic E-state index is -0.682. The average Bonchev–Trinajstić information content (AvgIpc) is 3.25. The molecule has 4 nitrogen and oxygen atoms in total. The van der Waals surface area contributed by atoms with Crippen LogP contribution in [0.3, 0.4) is 0 Å². The summed E-state index contributed by atoms with van der Waals surface area (Å²) in [6.07, 6.45) is 4.57. The van der Waals surface area contributed by atoms with Gasteiger partial charge in [-0.1, -0.05) is 11.8 Å². The van der Waals surface area contributed by atoms with E-state index in [1.165, 1.54) is 0 Å². The number of thiophene rings is 1. The Balaban J connectivity index is 1.44. The van der Waals surface area contributed by atoms with Gasteiger partial charge in [0, 0.05) is 29.1 Å². The predicted molar refractivity (Wildman–Crippen MR) is 107 cm³/mol. The van der Waals surface area contributed by atoms with Crippen molar-refractivity contribution >= 4 is 17.0 Å². The first-order chi connectivity index (χ1) is 12.3. The number of hydrogen-bond acceptors (Lipinski definition) is 5. The van der Waals surface area contributed by atoms with E-state index in [0.717, 1.165) is 49.3 Å². The first-order valence-corrected chi connectivity index (χ1v) is 10.5. The number of rotatable bonds is 5. The van der Waals surface area contributed by atoms with E-state index < -0.39 is 5.60 Å². The molecule has 1 atom stereocenters. The summed E-state index contributed by atoms with van der Waals surface area (Å²) in [6, 6.07) is 2.54. The molecule has 5 heteroatoms. The fourth-order valence-corrected chi connectivity index (χ4v) is 4.02. The quantitative estimate of drug-likeness (QED) is 0.761. The van der Waals surface area contributed by atoms with E-state index in [0.29, 0.717) is 19.3 Å². The van der Waals surface area contributed by atoms with Crippen LogP contribution in [-0.2, 0) is 9.47 Å². The molecule has 1 aromatic heterocycles. The fraction of sp³-hybridized carbons (Fsp3) is 0.714. The number of nitrogens with one attached hydrogen (secondary N) is 1. The maximum Gasteiger partial charge on any atom is 0.0881 e. The summed E-state index contributed by atoms with van der Waals surface area (Å²) in [5, 5.41) is 16.5. The molecule has 3 rings (SSSR count). The highest BCUT2D eigenvalue weighted by Crippen LogP contribution is 2.32. The second kappa shape index (κ2) is 8.31. The van der Waals surface area contributed by atoms with Crippen molar-refractivity contribution in [1.82, 2.24) is 0 Å². The molecule has 2 fully saturated rings. The first-order valence-electron chi connectivity index (χ1n) is 9.61. The molecule has 0 radical (unpaired) electrons. The summed E-state index contributed by atoms with van der Waals surface area (Å²) >= 11 is 1.68. The van der Waals surface area contributed by atoms with Gasteiger partial charge in [-0.25, -0.2) is 0 Å². The van der Waals surface area contributed by atoms with Crippen molar-refractivity contribution in [2.45, 2.75) is 70.6 Å². The summed E-state index contributed by atoms with van der Waals surface area (Å²) < 4.78 is 11.2. The zero-order chi connectivity index (χ0) is 18.6. The Bertz CT molecular complexity index is 638. The molecular weight excluding hydrogens is 346 g/mol. The van der Waals surface area contributed by atoms with Crippen LogP contribution < -0.4 is 5.32 Å². The van der Waals surface area contributed by atoms with Crippen LogP contribution in [0.4, 0.5) is 5.69 Å². The van der Waals surface area contributed by atoms with Crippen molar-refractivity contribution in [2.75, 3.05) is 25.1 Å². The smallest absolute Gasteiger partial charge is 0.0881 e. The molecular formula is C21H31NO3S. The highest BCUT2D eigenvalue weighted by atomic mass is 32.1. The molecule has 1 saturated heterocycles. The molecule has 0 spiro atoms. The highest BCUT2D eigenvalue weighted by Gasteiger charge is 2.34. The zero-order valence-corrected chi connectivity index (χ0v) is 17.0. The van der Waals surface area contributed by atoms with Gasteiger partial charge in [0.1, 0.15) is 0 Å². The molecule has 2 heterocycles. The van der Waals surface area contributed by atoms with E-state index >= 15 is 0 Å². The standard InChI is InChI=1S/C21H31NO3S/c1-20(2,3)8-6-19-12-17(14-26-19)22-16-4-9-21(23,10-5-16)15-25-18-7-11-24-13-18/h12,14,16,18,22-23H,4-5,7,9-11,13,15H2,1-3H3/t16-,18-,21-/m0/s1. The van der Waals surface area contributed by atoms with E-state index in [-0.39, 0.29) is 11.5 Å². The topological polar surface area (TPSA) is 50.7 Å². The summed E-state index contributed by atoms with van der Waals surface area (Å²) in [7, 11) is 0. The minimum absolute atomic E-state index is 0.0259. The van der Waals surface area contributed by atoms with E-state index in [1.54, 1.807) is 11.3 Å². The molecule has 26 heavy (non-hydrogen) atoms. The lowest BCUT2D eigenvalue weighted by Crippen LogP contribution is -2.42. The lowest BCUT2D eigenvalue weighted by Gasteiger charge is -2.36.